The third-order valence-corrected chi connectivity index (χ3v) is 5.11. The van der Waals surface area contributed by atoms with Crippen LogP contribution in [0.4, 0.5) is 5.69 Å². The quantitative estimate of drug-likeness (QED) is 0.352. The number of rotatable bonds is 3. The zero-order valence-corrected chi connectivity index (χ0v) is 10.9. The second-order valence-corrected chi connectivity index (χ2v) is 7.73. The number of nitro benzene ring substituents is 1. The molecular weight excluding hydrogens is 301 g/mol. The van der Waals surface area contributed by atoms with Gasteiger partial charge in [-0.05, 0) is 22.9 Å². The number of alkyl halides is 3. The van der Waals surface area contributed by atoms with Crippen molar-refractivity contribution in [2.75, 3.05) is 0 Å². The Labute approximate surface area is 109 Å². The van der Waals surface area contributed by atoms with E-state index in [1.54, 1.807) is 12.1 Å². The topological polar surface area (TPSA) is 43.1 Å². The predicted octanol–water partition coefficient (Wildman–Crippen LogP) is 4.66. The molecule has 0 heterocycles. The number of hydrogen-bond donors (Lipinski definition) is 0. The minimum absolute atomic E-state index is 0.0400. The van der Waals surface area contributed by atoms with E-state index in [4.69, 9.17) is 34.8 Å². The van der Waals surface area contributed by atoms with Gasteiger partial charge >= 0.3 is 0 Å². The summed E-state index contributed by atoms with van der Waals surface area (Å²) in [6, 6.07) is 6.01. The molecule has 82 valence electrons. The number of nitro groups is 1. The van der Waals surface area contributed by atoms with Gasteiger partial charge in [-0.1, -0.05) is 45.6 Å². The maximum absolute atomic E-state index is 10.4. The largest absolute Gasteiger partial charge is 0.269 e. The van der Waals surface area contributed by atoms with E-state index in [1.807, 2.05) is 0 Å². The smallest absolute Gasteiger partial charge is 0.258 e. The molecular formula is C7H4Cl3NO2S2. The van der Waals surface area contributed by atoms with Crippen molar-refractivity contribution >= 4 is 62.1 Å². The first-order valence-corrected chi connectivity index (χ1v) is 6.84. The first kappa shape index (κ1) is 13.3. The molecule has 0 bridgehead atoms. The average Bonchev–Trinajstić information content (AvgIpc) is 2.14. The van der Waals surface area contributed by atoms with Gasteiger partial charge in [0.15, 0.2) is 0 Å². The first-order valence-electron chi connectivity index (χ1n) is 3.55. The average molecular weight is 305 g/mol. The Hall–Kier alpha value is 0.190. The molecule has 0 aliphatic rings. The lowest BCUT2D eigenvalue weighted by Crippen LogP contribution is -1.89. The van der Waals surface area contributed by atoms with E-state index >= 15 is 0 Å². The summed E-state index contributed by atoms with van der Waals surface area (Å²) in [5, 5.41) is 10.4. The molecule has 0 aliphatic heterocycles. The maximum Gasteiger partial charge on any atom is 0.269 e. The molecule has 0 amide bonds. The molecule has 0 aliphatic carbocycles. The summed E-state index contributed by atoms with van der Waals surface area (Å²) in [7, 11) is 2.29. The summed E-state index contributed by atoms with van der Waals surface area (Å²) in [6.07, 6.45) is 0. The number of non-ortho nitro benzene ring substituents is 1. The summed E-state index contributed by atoms with van der Waals surface area (Å²) in [5.74, 6) is 0. The van der Waals surface area contributed by atoms with Crippen LogP contribution in [0.25, 0.3) is 0 Å². The minimum atomic E-state index is -1.40. The lowest BCUT2D eigenvalue weighted by molar-refractivity contribution is -0.384. The van der Waals surface area contributed by atoms with Gasteiger partial charge in [-0.2, -0.15) is 0 Å². The van der Waals surface area contributed by atoms with Crippen molar-refractivity contribution in [2.24, 2.45) is 0 Å². The maximum atomic E-state index is 10.4. The van der Waals surface area contributed by atoms with Gasteiger partial charge in [0.25, 0.3) is 5.69 Å². The summed E-state index contributed by atoms with van der Waals surface area (Å²) in [5.41, 5.74) is 0.0400. The molecule has 0 N–H and O–H groups in total. The van der Waals surface area contributed by atoms with Crippen LogP contribution in [-0.4, -0.2) is 8.05 Å². The third kappa shape index (κ3) is 5.17. The molecule has 0 radical (unpaired) electrons. The van der Waals surface area contributed by atoms with Gasteiger partial charge in [-0.15, -0.1) is 0 Å². The van der Waals surface area contributed by atoms with Crippen molar-refractivity contribution in [1.29, 1.82) is 0 Å². The Morgan fingerprint density at radius 1 is 1.20 bits per heavy atom. The standard InChI is InChI=1S/C7H4Cl3NO2S2/c8-7(9,10)15-14-6-3-1-5(2-4-6)11(12)13/h1-4H. The van der Waals surface area contributed by atoms with Crippen molar-refractivity contribution in [1.82, 2.24) is 0 Å². The van der Waals surface area contributed by atoms with E-state index < -0.39 is 8.05 Å². The number of nitrogens with zero attached hydrogens (tertiary/aromatic N) is 1. The highest BCUT2D eigenvalue weighted by Gasteiger charge is 2.21. The summed E-state index contributed by atoms with van der Waals surface area (Å²) in [4.78, 5) is 10.7. The molecule has 0 spiro atoms. The molecule has 3 nitrogen and oxygen atoms in total. The SMILES string of the molecule is O=[N+]([O-])c1ccc(SSC(Cl)(Cl)Cl)cc1. The Balaban J connectivity index is 2.61. The van der Waals surface area contributed by atoms with E-state index in [0.29, 0.717) is 0 Å². The fourth-order valence-electron chi connectivity index (χ4n) is 0.719. The summed E-state index contributed by atoms with van der Waals surface area (Å²) in [6.45, 7) is 0. The van der Waals surface area contributed by atoms with Crippen molar-refractivity contribution < 1.29 is 4.92 Å². The Kier molecular flexibility index (Phi) is 4.86. The van der Waals surface area contributed by atoms with E-state index in [1.165, 1.54) is 22.9 Å². The molecule has 8 heteroatoms. The van der Waals surface area contributed by atoms with Crippen LogP contribution in [0.3, 0.4) is 0 Å². The molecule has 0 aromatic heterocycles. The molecule has 1 aromatic carbocycles. The van der Waals surface area contributed by atoms with Crippen molar-refractivity contribution in [3.05, 3.63) is 34.4 Å². The van der Waals surface area contributed by atoms with Gasteiger partial charge < -0.3 is 0 Å². The zero-order chi connectivity index (χ0) is 11.5. The predicted molar refractivity (Wildman–Crippen MR) is 66.8 cm³/mol. The van der Waals surface area contributed by atoms with E-state index in [-0.39, 0.29) is 5.69 Å². The van der Waals surface area contributed by atoms with E-state index in [9.17, 15) is 10.1 Å². The highest BCUT2D eigenvalue weighted by Crippen LogP contribution is 2.48. The van der Waals surface area contributed by atoms with Crippen LogP contribution < -0.4 is 0 Å². The normalized spacial score (nSPS) is 11.4. The van der Waals surface area contributed by atoms with Crippen LogP contribution in [0, 0.1) is 10.1 Å². The highest BCUT2D eigenvalue weighted by atomic mass is 35.6. The molecule has 0 saturated heterocycles. The van der Waals surface area contributed by atoms with Crippen LogP contribution in [0.2, 0.25) is 0 Å². The Bertz CT molecular complexity index is 352. The summed E-state index contributed by atoms with van der Waals surface area (Å²) >= 11 is 16.6. The zero-order valence-electron chi connectivity index (χ0n) is 7.02. The molecule has 0 atom stereocenters. The molecule has 15 heavy (non-hydrogen) atoms. The second kappa shape index (κ2) is 5.50. The third-order valence-electron chi connectivity index (χ3n) is 1.28. The van der Waals surface area contributed by atoms with Crippen molar-refractivity contribution in [2.45, 2.75) is 8.02 Å². The lowest BCUT2D eigenvalue weighted by atomic mass is 10.3. The van der Waals surface area contributed by atoms with Gasteiger partial charge in [0.05, 0.1) is 4.92 Å². The van der Waals surface area contributed by atoms with Crippen molar-refractivity contribution in [3.63, 3.8) is 0 Å². The fraction of sp³-hybridized carbons (Fsp3) is 0.143. The lowest BCUT2D eigenvalue weighted by Gasteiger charge is -2.08. The van der Waals surface area contributed by atoms with Crippen LogP contribution in [-0.2, 0) is 0 Å². The van der Waals surface area contributed by atoms with Gasteiger partial charge in [0, 0.05) is 17.0 Å². The molecule has 1 aromatic rings. The fourth-order valence-corrected chi connectivity index (χ4v) is 2.91. The van der Waals surface area contributed by atoms with Gasteiger partial charge in [-0.25, -0.2) is 0 Å². The Morgan fingerprint density at radius 2 is 1.73 bits per heavy atom. The van der Waals surface area contributed by atoms with Crippen LogP contribution in [0.5, 0.6) is 0 Å². The second-order valence-electron chi connectivity index (χ2n) is 2.36. The van der Waals surface area contributed by atoms with Crippen LogP contribution in [0.15, 0.2) is 29.2 Å². The number of benzene rings is 1. The molecule has 0 unspecified atom stereocenters. The van der Waals surface area contributed by atoms with Gasteiger partial charge in [0.1, 0.15) is 0 Å². The van der Waals surface area contributed by atoms with Gasteiger partial charge in [0.2, 0.25) is 3.12 Å². The van der Waals surface area contributed by atoms with E-state index in [0.717, 1.165) is 15.7 Å². The summed E-state index contributed by atoms with van der Waals surface area (Å²) < 4.78 is -1.40. The minimum Gasteiger partial charge on any atom is -0.258 e. The monoisotopic (exact) mass is 303 g/mol. The molecule has 1 rings (SSSR count). The molecule has 0 fully saturated rings. The van der Waals surface area contributed by atoms with Crippen molar-refractivity contribution in [3.8, 4) is 0 Å². The Morgan fingerprint density at radius 3 is 2.13 bits per heavy atom. The number of halogens is 3. The van der Waals surface area contributed by atoms with Crippen LogP contribution >= 0.6 is 56.4 Å². The van der Waals surface area contributed by atoms with Crippen LogP contribution in [0.1, 0.15) is 0 Å². The number of hydrogen-bond acceptors (Lipinski definition) is 4. The highest BCUT2D eigenvalue weighted by molar-refractivity contribution is 8.78. The first-order chi connectivity index (χ1) is 6.88. The van der Waals surface area contributed by atoms with E-state index in [2.05, 4.69) is 0 Å². The van der Waals surface area contributed by atoms with Gasteiger partial charge in [-0.3, -0.25) is 10.1 Å². The molecule has 0 saturated carbocycles.